The molecule has 15 heavy (non-hydrogen) atoms. The molecule has 1 aromatic carbocycles. The molecule has 0 saturated carbocycles. The topological polar surface area (TPSA) is 96.9 Å². The highest BCUT2D eigenvalue weighted by atomic mass is 16.3. The van der Waals surface area contributed by atoms with Crippen LogP contribution in [0.1, 0.15) is 5.82 Å². The zero-order valence-corrected chi connectivity index (χ0v) is 7.84. The third-order valence-electron chi connectivity index (χ3n) is 1.97. The number of rotatable bonds is 2. The zero-order valence-electron chi connectivity index (χ0n) is 7.84. The van der Waals surface area contributed by atoms with E-state index < -0.39 is 5.69 Å². The smallest absolute Gasteiger partial charge is 0.348 e. The number of hydrogen-bond acceptors (Lipinski definition) is 4. The normalized spacial score (nSPS) is 10.5. The van der Waals surface area contributed by atoms with Crippen molar-refractivity contribution in [2.24, 2.45) is 5.73 Å². The Labute approximate surface area is 85.0 Å². The van der Waals surface area contributed by atoms with Gasteiger partial charge in [0.15, 0.2) is 0 Å². The first-order valence-electron chi connectivity index (χ1n) is 4.39. The summed E-state index contributed by atoms with van der Waals surface area (Å²) in [4.78, 5) is 13.9. The van der Waals surface area contributed by atoms with Gasteiger partial charge in [0, 0.05) is 0 Å². The Balaban J connectivity index is 2.59. The Kier molecular flexibility index (Phi) is 2.26. The first kappa shape index (κ1) is 9.47. The van der Waals surface area contributed by atoms with Crippen LogP contribution in [0.25, 0.3) is 5.69 Å². The summed E-state index contributed by atoms with van der Waals surface area (Å²) in [6.45, 7) is 0.149. The maximum absolute atomic E-state index is 11.4. The van der Waals surface area contributed by atoms with Crippen LogP contribution in [0.2, 0.25) is 0 Å². The van der Waals surface area contributed by atoms with Crippen molar-refractivity contribution in [3.8, 4) is 11.4 Å². The second-order valence-corrected chi connectivity index (χ2v) is 2.98. The molecule has 0 saturated heterocycles. The van der Waals surface area contributed by atoms with E-state index >= 15 is 0 Å². The third-order valence-corrected chi connectivity index (χ3v) is 1.97. The molecule has 4 N–H and O–H groups in total. The molecule has 0 unspecified atom stereocenters. The van der Waals surface area contributed by atoms with Crippen molar-refractivity contribution >= 4 is 0 Å². The number of benzene rings is 1. The van der Waals surface area contributed by atoms with Crippen molar-refractivity contribution in [2.45, 2.75) is 6.54 Å². The van der Waals surface area contributed by atoms with E-state index in [2.05, 4.69) is 10.1 Å². The second-order valence-electron chi connectivity index (χ2n) is 2.98. The summed E-state index contributed by atoms with van der Waals surface area (Å²) in [7, 11) is 0. The number of hydrogen-bond donors (Lipinski definition) is 3. The van der Waals surface area contributed by atoms with E-state index in [-0.39, 0.29) is 12.3 Å². The lowest BCUT2D eigenvalue weighted by Gasteiger charge is -2.00. The fourth-order valence-electron chi connectivity index (χ4n) is 1.27. The molecule has 0 aliphatic heterocycles. The SMILES string of the molecule is NCc1nn(-c2ccccc2O)c(=O)[nH]1. The first-order chi connectivity index (χ1) is 7.22. The summed E-state index contributed by atoms with van der Waals surface area (Å²) in [6, 6.07) is 6.45. The fourth-order valence-corrected chi connectivity index (χ4v) is 1.27. The summed E-state index contributed by atoms with van der Waals surface area (Å²) in [5, 5.41) is 13.4. The van der Waals surface area contributed by atoms with Crippen molar-refractivity contribution in [3.63, 3.8) is 0 Å². The van der Waals surface area contributed by atoms with Gasteiger partial charge in [0.1, 0.15) is 17.3 Å². The number of aromatic amines is 1. The standard InChI is InChI=1S/C9H10N4O2/c10-5-8-11-9(15)13(12-8)6-3-1-2-4-7(6)14/h1-4,14H,5,10H2,(H,11,12,15). The van der Waals surface area contributed by atoms with Crippen LogP contribution >= 0.6 is 0 Å². The number of aromatic nitrogens is 3. The van der Waals surface area contributed by atoms with Gasteiger partial charge in [0.2, 0.25) is 0 Å². The van der Waals surface area contributed by atoms with Crippen molar-refractivity contribution in [1.29, 1.82) is 0 Å². The molecule has 0 bridgehead atoms. The molecule has 6 nitrogen and oxygen atoms in total. The molecule has 0 atom stereocenters. The van der Waals surface area contributed by atoms with E-state index in [0.29, 0.717) is 11.5 Å². The lowest BCUT2D eigenvalue weighted by Crippen LogP contribution is -2.15. The van der Waals surface area contributed by atoms with Gasteiger partial charge in [-0.3, -0.25) is 4.98 Å². The molecular weight excluding hydrogens is 196 g/mol. The predicted octanol–water partition coefficient (Wildman–Crippen LogP) is -0.275. The molecule has 6 heteroatoms. The molecule has 78 valence electrons. The largest absolute Gasteiger partial charge is 0.506 e. The van der Waals surface area contributed by atoms with E-state index in [4.69, 9.17) is 5.73 Å². The van der Waals surface area contributed by atoms with E-state index in [1.165, 1.54) is 6.07 Å². The molecule has 2 aromatic rings. The number of nitrogens with two attached hydrogens (primary N) is 1. The Morgan fingerprint density at radius 3 is 2.80 bits per heavy atom. The summed E-state index contributed by atoms with van der Waals surface area (Å²) in [5.74, 6) is 0.373. The summed E-state index contributed by atoms with van der Waals surface area (Å²) >= 11 is 0. The van der Waals surface area contributed by atoms with Crippen molar-refractivity contribution in [3.05, 3.63) is 40.6 Å². The maximum atomic E-state index is 11.4. The summed E-state index contributed by atoms with van der Waals surface area (Å²) in [5.41, 5.74) is 5.25. The van der Waals surface area contributed by atoms with E-state index in [1.54, 1.807) is 18.2 Å². The van der Waals surface area contributed by atoms with Crippen LogP contribution in [0.5, 0.6) is 5.75 Å². The van der Waals surface area contributed by atoms with E-state index in [1.807, 2.05) is 0 Å². The number of nitrogens with zero attached hydrogens (tertiary/aromatic N) is 2. The van der Waals surface area contributed by atoms with Crippen molar-refractivity contribution in [1.82, 2.24) is 14.8 Å². The Hall–Kier alpha value is -2.08. The van der Waals surface area contributed by atoms with Crippen LogP contribution in [0.4, 0.5) is 0 Å². The van der Waals surface area contributed by atoms with Crippen LogP contribution < -0.4 is 11.4 Å². The van der Waals surface area contributed by atoms with Crippen LogP contribution in [0.15, 0.2) is 29.1 Å². The molecule has 2 rings (SSSR count). The minimum Gasteiger partial charge on any atom is -0.506 e. The Morgan fingerprint density at radius 2 is 2.20 bits per heavy atom. The Morgan fingerprint density at radius 1 is 1.47 bits per heavy atom. The average Bonchev–Trinajstić information content (AvgIpc) is 2.60. The lowest BCUT2D eigenvalue weighted by atomic mass is 10.3. The number of phenolic OH excluding ortho intramolecular Hbond substituents is 1. The van der Waals surface area contributed by atoms with Gasteiger partial charge >= 0.3 is 5.69 Å². The highest BCUT2D eigenvalue weighted by molar-refractivity contribution is 5.44. The van der Waals surface area contributed by atoms with E-state index in [0.717, 1.165) is 4.68 Å². The number of phenols is 1. The maximum Gasteiger partial charge on any atom is 0.348 e. The molecule has 1 heterocycles. The minimum atomic E-state index is -0.419. The van der Waals surface area contributed by atoms with Gasteiger partial charge in [-0.1, -0.05) is 12.1 Å². The quantitative estimate of drug-likeness (QED) is 0.629. The number of aromatic hydroxyl groups is 1. The number of para-hydroxylation sites is 2. The van der Waals surface area contributed by atoms with Gasteiger partial charge in [-0.05, 0) is 12.1 Å². The van der Waals surface area contributed by atoms with Crippen LogP contribution in [0, 0.1) is 0 Å². The molecule has 0 radical (unpaired) electrons. The lowest BCUT2D eigenvalue weighted by molar-refractivity contribution is 0.469. The fraction of sp³-hybridized carbons (Fsp3) is 0.111. The molecule has 0 aliphatic carbocycles. The molecule has 0 aliphatic rings. The molecule has 0 spiro atoms. The van der Waals surface area contributed by atoms with Crippen LogP contribution in [0.3, 0.4) is 0 Å². The number of nitrogens with one attached hydrogen (secondary N) is 1. The van der Waals surface area contributed by atoms with Crippen molar-refractivity contribution in [2.75, 3.05) is 0 Å². The van der Waals surface area contributed by atoms with Crippen LogP contribution in [-0.2, 0) is 6.54 Å². The molecule has 0 fully saturated rings. The monoisotopic (exact) mass is 206 g/mol. The highest BCUT2D eigenvalue weighted by Crippen LogP contribution is 2.17. The minimum absolute atomic E-state index is 0.00493. The van der Waals surface area contributed by atoms with Gasteiger partial charge in [-0.15, -0.1) is 5.10 Å². The Bertz CT molecular complexity index is 529. The van der Waals surface area contributed by atoms with E-state index in [9.17, 15) is 9.90 Å². The van der Waals surface area contributed by atoms with Crippen molar-refractivity contribution < 1.29 is 5.11 Å². The second kappa shape index (κ2) is 3.58. The van der Waals surface area contributed by atoms with Crippen LogP contribution in [-0.4, -0.2) is 19.9 Å². The van der Waals surface area contributed by atoms with Gasteiger partial charge in [0.05, 0.1) is 6.54 Å². The van der Waals surface area contributed by atoms with Gasteiger partial charge in [-0.2, -0.15) is 4.68 Å². The summed E-state index contributed by atoms with van der Waals surface area (Å²) < 4.78 is 1.08. The van der Waals surface area contributed by atoms with Gasteiger partial charge in [0.25, 0.3) is 0 Å². The highest BCUT2D eigenvalue weighted by Gasteiger charge is 2.08. The first-order valence-corrected chi connectivity index (χ1v) is 4.39. The number of H-pyrrole nitrogens is 1. The predicted molar refractivity (Wildman–Crippen MR) is 53.7 cm³/mol. The average molecular weight is 206 g/mol. The summed E-state index contributed by atoms with van der Waals surface area (Å²) in [6.07, 6.45) is 0. The van der Waals surface area contributed by atoms with Gasteiger partial charge < -0.3 is 10.8 Å². The molecular formula is C9H10N4O2. The zero-order chi connectivity index (χ0) is 10.8. The third kappa shape index (κ3) is 1.62. The molecule has 0 amide bonds. The molecule has 1 aromatic heterocycles. The van der Waals surface area contributed by atoms with Gasteiger partial charge in [-0.25, -0.2) is 4.79 Å².